The van der Waals surface area contributed by atoms with Gasteiger partial charge >= 0.3 is 0 Å². The molecule has 0 bridgehead atoms. The number of aromatic nitrogens is 2. The molecule has 1 amide bonds. The van der Waals surface area contributed by atoms with Crippen LogP contribution in [0.4, 0.5) is 0 Å². The summed E-state index contributed by atoms with van der Waals surface area (Å²) in [5.74, 6) is -0.0942. The molecule has 0 saturated heterocycles. The van der Waals surface area contributed by atoms with Gasteiger partial charge in [0, 0.05) is 12.2 Å². The van der Waals surface area contributed by atoms with E-state index in [2.05, 4.69) is 10.4 Å². The number of carbonyl (C=O) groups excluding carboxylic acids is 1. The van der Waals surface area contributed by atoms with E-state index in [-0.39, 0.29) is 11.9 Å². The zero-order valence-electron chi connectivity index (χ0n) is 11.7. The Kier molecular flexibility index (Phi) is 3.54. The van der Waals surface area contributed by atoms with Gasteiger partial charge in [-0.3, -0.25) is 9.48 Å². The van der Waals surface area contributed by atoms with Crippen LogP contribution >= 0.6 is 0 Å². The molecule has 1 atom stereocenters. The largest absolute Gasteiger partial charge is 0.344 e. The molecule has 1 aliphatic heterocycles. The van der Waals surface area contributed by atoms with Gasteiger partial charge in [-0.1, -0.05) is 30.3 Å². The first kappa shape index (κ1) is 12.9. The van der Waals surface area contributed by atoms with Crippen LogP contribution in [0.2, 0.25) is 0 Å². The monoisotopic (exact) mass is 269 g/mol. The molecule has 1 aromatic heterocycles. The number of hydrogen-bond acceptors (Lipinski definition) is 2. The Morgan fingerprint density at radius 3 is 2.85 bits per heavy atom. The average molecular weight is 269 g/mol. The Balaban J connectivity index is 1.71. The lowest BCUT2D eigenvalue weighted by atomic mass is 10.1. The lowest BCUT2D eigenvalue weighted by Crippen LogP contribution is -2.27. The van der Waals surface area contributed by atoms with E-state index in [4.69, 9.17) is 0 Å². The summed E-state index contributed by atoms with van der Waals surface area (Å²) >= 11 is 0. The van der Waals surface area contributed by atoms with E-state index in [9.17, 15) is 4.79 Å². The Labute approximate surface area is 118 Å². The molecule has 2 heterocycles. The average Bonchev–Trinajstić information content (AvgIpc) is 2.92. The highest BCUT2D eigenvalue weighted by molar-refractivity contribution is 5.92. The Hall–Kier alpha value is -2.10. The fourth-order valence-electron chi connectivity index (χ4n) is 2.62. The zero-order valence-corrected chi connectivity index (χ0v) is 11.7. The second kappa shape index (κ2) is 5.49. The van der Waals surface area contributed by atoms with Crippen molar-refractivity contribution in [3.8, 4) is 0 Å². The SMILES string of the molecule is C[C@@H](NC(=O)c1cc2n(n1)CCCC2)c1ccccc1. The zero-order chi connectivity index (χ0) is 13.9. The first-order valence-corrected chi connectivity index (χ1v) is 7.16. The third-order valence-electron chi connectivity index (χ3n) is 3.80. The van der Waals surface area contributed by atoms with Crippen molar-refractivity contribution >= 4 is 5.91 Å². The molecule has 4 nitrogen and oxygen atoms in total. The molecule has 1 aromatic carbocycles. The van der Waals surface area contributed by atoms with Crippen LogP contribution in [0.25, 0.3) is 0 Å². The van der Waals surface area contributed by atoms with Crippen LogP contribution in [0.15, 0.2) is 36.4 Å². The van der Waals surface area contributed by atoms with Crippen molar-refractivity contribution in [3.63, 3.8) is 0 Å². The topological polar surface area (TPSA) is 46.9 Å². The second-order valence-electron chi connectivity index (χ2n) is 5.31. The highest BCUT2D eigenvalue weighted by atomic mass is 16.2. The summed E-state index contributed by atoms with van der Waals surface area (Å²) in [6, 6.07) is 11.9. The molecule has 1 N–H and O–H groups in total. The molecule has 1 aliphatic rings. The maximum absolute atomic E-state index is 12.3. The standard InChI is InChI=1S/C16H19N3O/c1-12(13-7-3-2-4-8-13)17-16(20)15-11-14-9-5-6-10-19(14)18-15/h2-4,7-8,11-12H,5-6,9-10H2,1H3,(H,17,20)/t12-/m1/s1. The predicted octanol–water partition coefficient (Wildman–Crippen LogP) is 2.71. The lowest BCUT2D eigenvalue weighted by molar-refractivity contribution is 0.0934. The van der Waals surface area contributed by atoms with Gasteiger partial charge in [-0.25, -0.2) is 0 Å². The van der Waals surface area contributed by atoms with Crippen molar-refractivity contribution < 1.29 is 4.79 Å². The van der Waals surface area contributed by atoms with Crippen molar-refractivity contribution in [3.05, 3.63) is 53.3 Å². The van der Waals surface area contributed by atoms with E-state index in [1.165, 1.54) is 12.1 Å². The minimum Gasteiger partial charge on any atom is -0.344 e. The summed E-state index contributed by atoms with van der Waals surface area (Å²) in [5, 5.41) is 7.41. The van der Waals surface area contributed by atoms with Crippen LogP contribution in [0, 0.1) is 0 Å². The van der Waals surface area contributed by atoms with E-state index < -0.39 is 0 Å². The molecule has 0 aliphatic carbocycles. The number of nitrogens with zero attached hydrogens (tertiary/aromatic N) is 2. The molecule has 0 unspecified atom stereocenters. The highest BCUT2D eigenvalue weighted by Gasteiger charge is 2.18. The number of carbonyl (C=O) groups is 1. The number of fused-ring (bicyclic) bond motifs is 1. The first-order valence-electron chi connectivity index (χ1n) is 7.16. The minimum atomic E-state index is -0.0942. The molecule has 0 saturated carbocycles. The van der Waals surface area contributed by atoms with Crippen molar-refractivity contribution in [2.45, 2.75) is 38.8 Å². The summed E-state index contributed by atoms with van der Waals surface area (Å²) in [6.07, 6.45) is 3.36. The molecule has 20 heavy (non-hydrogen) atoms. The third-order valence-corrected chi connectivity index (χ3v) is 3.80. The normalized spacial score (nSPS) is 15.4. The number of aryl methyl sites for hydroxylation is 2. The number of benzene rings is 1. The Bertz CT molecular complexity index is 580. The van der Waals surface area contributed by atoms with Crippen molar-refractivity contribution in [1.82, 2.24) is 15.1 Å². The van der Waals surface area contributed by atoms with E-state index in [0.717, 1.165) is 24.9 Å². The number of hydrogen-bond donors (Lipinski definition) is 1. The molecule has 4 heteroatoms. The fraction of sp³-hybridized carbons (Fsp3) is 0.375. The fourth-order valence-corrected chi connectivity index (χ4v) is 2.62. The Morgan fingerprint density at radius 1 is 1.30 bits per heavy atom. The van der Waals surface area contributed by atoms with Crippen LogP contribution in [0.1, 0.15) is 47.6 Å². The van der Waals surface area contributed by atoms with Gasteiger partial charge in [0.25, 0.3) is 5.91 Å². The summed E-state index contributed by atoms with van der Waals surface area (Å²) in [7, 11) is 0. The van der Waals surface area contributed by atoms with Crippen molar-refractivity contribution in [2.75, 3.05) is 0 Å². The smallest absolute Gasteiger partial charge is 0.272 e. The molecule has 2 aromatic rings. The summed E-state index contributed by atoms with van der Waals surface area (Å²) in [5.41, 5.74) is 2.81. The highest BCUT2D eigenvalue weighted by Crippen LogP contribution is 2.16. The maximum Gasteiger partial charge on any atom is 0.272 e. The maximum atomic E-state index is 12.3. The van der Waals surface area contributed by atoms with Gasteiger partial charge in [0.2, 0.25) is 0 Å². The Morgan fingerprint density at radius 2 is 2.10 bits per heavy atom. The van der Waals surface area contributed by atoms with Crippen LogP contribution < -0.4 is 5.32 Å². The number of rotatable bonds is 3. The molecular formula is C16H19N3O. The van der Waals surface area contributed by atoms with E-state index in [1.54, 1.807) is 0 Å². The van der Waals surface area contributed by atoms with Crippen LogP contribution in [-0.4, -0.2) is 15.7 Å². The number of amides is 1. The minimum absolute atomic E-state index is 0.0116. The molecule has 0 spiro atoms. The van der Waals surface area contributed by atoms with Crippen molar-refractivity contribution in [2.24, 2.45) is 0 Å². The molecule has 3 rings (SSSR count). The molecule has 0 fully saturated rings. The van der Waals surface area contributed by atoms with Gasteiger partial charge in [0.1, 0.15) is 5.69 Å². The van der Waals surface area contributed by atoms with Crippen LogP contribution in [0.3, 0.4) is 0 Å². The van der Waals surface area contributed by atoms with Crippen LogP contribution in [0.5, 0.6) is 0 Å². The third kappa shape index (κ3) is 2.59. The first-order chi connectivity index (χ1) is 9.74. The van der Waals surface area contributed by atoms with E-state index >= 15 is 0 Å². The van der Waals surface area contributed by atoms with Gasteiger partial charge < -0.3 is 5.32 Å². The quantitative estimate of drug-likeness (QED) is 0.931. The lowest BCUT2D eigenvalue weighted by Gasteiger charge is -2.13. The van der Waals surface area contributed by atoms with Gasteiger partial charge in [0.15, 0.2) is 0 Å². The molecular weight excluding hydrogens is 250 g/mol. The van der Waals surface area contributed by atoms with Crippen molar-refractivity contribution in [1.29, 1.82) is 0 Å². The molecule has 104 valence electrons. The van der Waals surface area contributed by atoms with E-state index in [0.29, 0.717) is 5.69 Å². The summed E-state index contributed by atoms with van der Waals surface area (Å²) in [6.45, 7) is 2.92. The predicted molar refractivity (Wildman–Crippen MR) is 77.5 cm³/mol. The molecule has 0 radical (unpaired) electrons. The van der Waals surface area contributed by atoms with Gasteiger partial charge in [-0.05, 0) is 37.8 Å². The summed E-state index contributed by atoms with van der Waals surface area (Å²) in [4.78, 5) is 12.3. The van der Waals surface area contributed by atoms with Gasteiger partial charge in [-0.2, -0.15) is 5.10 Å². The van der Waals surface area contributed by atoms with Gasteiger partial charge in [0.05, 0.1) is 6.04 Å². The second-order valence-corrected chi connectivity index (χ2v) is 5.31. The number of nitrogens with one attached hydrogen (secondary N) is 1. The summed E-state index contributed by atoms with van der Waals surface area (Å²) < 4.78 is 1.96. The van der Waals surface area contributed by atoms with E-state index in [1.807, 2.05) is 48.0 Å². The van der Waals surface area contributed by atoms with Crippen LogP contribution in [-0.2, 0) is 13.0 Å². The van der Waals surface area contributed by atoms with Gasteiger partial charge in [-0.15, -0.1) is 0 Å².